The summed E-state index contributed by atoms with van der Waals surface area (Å²) in [6.45, 7) is 0. The number of benzene rings is 2. The summed E-state index contributed by atoms with van der Waals surface area (Å²) in [6, 6.07) is 15.2. The quantitative estimate of drug-likeness (QED) is 0.882. The van der Waals surface area contributed by atoms with Crippen LogP contribution in [0, 0.1) is 0 Å². The Morgan fingerprint density at radius 1 is 0.857 bits per heavy atom. The third kappa shape index (κ3) is 2.30. The Bertz CT molecular complexity index is 673. The van der Waals surface area contributed by atoms with Crippen molar-refractivity contribution in [2.75, 3.05) is 0 Å². The maximum Gasteiger partial charge on any atom is 0.0939 e. The van der Waals surface area contributed by atoms with Gasteiger partial charge in [-0.15, -0.1) is 0 Å². The van der Waals surface area contributed by atoms with Gasteiger partial charge in [0.1, 0.15) is 0 Å². The molecular weight excluding hydrogens is 256 g/mol. The molecule has 0 aliphatic heterocycles. The highest BCUT2D eigenvalue weighted by Crippen LogP contribution is 2.38. The minimum Gasteiger partial charge on any atom is -0.385 e. The number of fused-ring (bicyclic) bond motifs is 2. The van der Waals surface area contributed by atoms with Crippen LogP contribution in [-0.4, -0.2) is 5.11 Å². The number of hydrogen-bond acceptors (Lipinski definition) is 1. The Labute approximate surface area is 126 Å². The summed E-state index contributed by atoms with van der Waals surface area (Å²) in [6.07, 6.45) is 7.52. The summed E-state index contributed by atoms with van der Waals surface area (Å²) in [5.74, 6) is 0. The average molecular weight is 278 g/mol. The van der Waals surface area contributed by atoms with Gasteiger partial charge in [0.05, 0.1) is 5.60 Å². The van der Waals surface area contributed by atoms with Gasteiger partial charge in [-0.3, -0.25) is 0 Å². The van der Waals surface area contributed by atoms with Crippen LogP contribution in [0.2, 0.25) is 0 Å². The molecule has 108 valence electrons. The van der Waals surface area contributed by atoms with Crippen LogP contribution < -0.4 is 0 Å². The molecule has 1 unspecified atom stereocenters. The molecule has 0 fully saturated rings. The SMILES string of the molecule is OC1(Cc2ccc3c(c2)CCC3)CCCc2ccccc21. The van der Waals surface area contributed by atoms with Crippen LogP contribution in [0.25, 0.3) is 0 Å². The average Bonchev–Trinajstić information content (AvgIpc) is 2.95. The van der Waals surface area contributed by atoms with Gasteiger partial charge in [-0.2, -0.15) is 0 Å². The molecule has 0 heterocycles. The van der Waals surface area contributed by atoms with Gasteiger partial charge in [0.25, 0.3) is 0 Å². The van der Waals surface area contributed by atoms with E-state index < -0.39 is 5.60 Å². The Balaban J connectivity index is 1.68. The van der Waals surface area contributed by atoms with Gasteiger partial charge in [0, 0.05) is 6.42 Å². The molecule has 0 spiro atoms. The van der Waals surface area contributed by atoms with Gasteiger partial charge >= 0.3 is 0 Å². The molecule has 0 saturated carbocycles. The Morgan fingerprint density at radius 2 is 1.67 bits per heavy atom. The summed E-state index contributed by atoms with van der Waals surface area (Å²) in [7, 11) is 0. The fourth-order valence-electron chi connectivity index (χ4n) is 4.15. The molecule has 1 nitrogen and oxygen atoms in total. The van der Waals surface area contributed by atoms with E-state index in [1.165, 1.54) is 41.5 Å². The zero-order chi connectivity index (χ0) is 14.3. The number of rotatable bonds is 2. The summed E-state index contributed by atoms with van der Waals surface area (Å²) < 4.78 is 0. The van der Waals surface area contributed by atoms with Crippen molar-refractivity contribution in [1.29, 1.82) is 0 Å². The first kappa shape index (κ1) is 13.1. The van der Waals surface area contributed by atoms with E-state index in [0.717, 1.165) is 31.2 Å². The zero-order valence-corrected chi connectivity index (χ0v) is 12.4. The standard InChI is InChI=1S/C20H22O/c21-20(12-4-8-17-5-1-2-9-19(17)20)14-15-10-11-16-6-3-7-18(16)13-15/h1-2,5,9-11,13,21H,3-4,6-8,12,14H2. The van der Waals surface area contributed by atoms with Crippen molar-refractivity contribution in [3.8, 4) is 0 Å². The lowest BCUT2D eigenvalue weighted by Crippen LogP contribution is -2.33. The van der Waals surface area contributed by atoms with E-state index >= 15 is 0 Å². The first-order valence-electron chi connectivity index (χ1n) is 8.16. The molecule has 2 aromatic rings. The van der Waals surface area contributed by atoms with E-state index in [2.05, 4.69) is 42.5 Å². The first-order chi connectivity index (χ1) is 10.2. The monoisotopic (exact) mass is 278 g/mol. The second kappa shape index (κ2) is 4.99. The predicted molar refractivity (Wildman–Crippen MR) is 85.4 cm³/mol. The van der Waals surface area contributed by atoms with Crippen molar-refractivity contribution in [1.82, 2.24) is 0 Å². The minimum atomic E-state index is -0.679. The molecule has 0 aromatic heterocycles. The fraction of sp³-hybridized carbons (Fsp3) is 0.400. The van der Waals surface area contributed by atoms with Crippen molar-refractivity contribution in [3.05, 3.63) is 70.3 Å². The van der Waals surface area contributed by atoms with Crippen LogP contribution in [0.4, 0.5) is 0 Å². The molecule has 0 saturated heterocycles. The zero-order valence-electron chi connectivity index (χ0n) is 12.4. The molecule has 1 atom stereocenters. The largest absolute Gasteiger partial charge is 0.385 e. The highest BCUT2D eigenvalue weighted by Gasteiger charge is 2.34. The maximum absolute atomic E-state index is 11.2. The summed E-state index contributed by atoms with van der Waals surface area (Å²) in [5, 5.41) is 11.2. The van der Waals surface area contributed by atoms with Crippen molar-refractivity contribution in [2.24, 2.45) is 0 Å². The normalized spacial score (nSPS) is 23.7. The maximum atomic E-state index is 11.2. The lowest BCUT2D eigenvalue weighted by atomic mass is 9.76. The molecule has 1 heteroatoms. The topological polar surface area (TPSA) is 20.2 Å². The molecule has 0 radical (unpaired) electrons. The molecule has 2 aliphatic rings. The first-order valence-corrected chi connectivity index (χ1v) is 8.16. The number of aryl methyl sites for hydroxylation is 3. The molecule has 21 heavy (non-hydrogen) atoms. The molecule has 1 N–H and O–H groups in total. The Morgan fingerprint density at radius 3 is 2.62 bits per heavy atom. The van der Waals surface area contributed by atoms with Crippen LogP contribution in [0.1, 0.15) is 47.1 Å². The minimum absolute atomic E-state index is 0.679. The highest BCUT2D eigenvalue weighted by atomic mass is 16.3. The van der Waals surface area contributed by atoms with Gasteiger partial charge in [-0.05, 0) is 66.3 Å². The second-order valence-electron chi connectivity index (χ2n) is 6.68. The third-order valence-corrected chi connectivity index (χ3v) is 5.21. The predicted octanol–water partition coefficient (Wildman–Crippen LogP) is 3.94. The molecule has 2 aromatic carbocycles. The van der Waals surface area contributed by atoms with Crippen molar-refractivity contribution < 1.29 is 5.11 Å². The van der Waals surface area contributed by atoms with Crippen LogP contribution in [0.3, 0.4) is 0 Å². The molecule has 0 amide bonds. The van der Waals surface area contributed by atoms with E-state index in [1.54, 1.807) is 0 Å². The van der Waals surface area contributed by atoms with Gasteiger partial charge in [0.2, 0.25) is 0 Å². The molecule has 0 bridgehead atoms. The van der Waals surface area contributed by atoms with Crippen molar-refractivity contribution >= 4 is 0 Å². The van der Waals surface area contributed by atoms with Crippen molar-refractivity contribution in [2.45, 2.75) is 50.5 Å². The smallest absolute Gasteiger partial charge is 0.0939 e. The lowest BCUT2D eigenvalue weighted by molar-refractivity contribution is 0.0190. The van der Waals surface area contributed by atoms with Gasteiger partial charge in [-0.25, -0.2) is 0 Å². The van der Waals surface area contributed by atoms with E-state index in [9.17, 15) is 5.11 Å². The molecular formula is C20H22O. The van der Waals surface area contributed by atoms with Crippen LogP contribution >= 0.6 is 0 Å². The van der Waals surface area contributed by atoms with Gasteiger partial charge in [-0.1, -0.05) is 42.5 Å². The van der Waals surface area contributed by atoms with E-state index in [0.29, 0.717) is 0 Å². The summed E-state index contributed by atoms with van der Waals surface area (Å²) >= 11 is 0. The van der Waals surface area contributed by atoms with Gasteiger partial charge in [0.15, 0.2) is 0 Å². The molecule has 4 rings (SSSR count). The van der Waals surface area contributed by atoms with E-state index in [-0.39, 0.29) is 0 Å². The third-order valence-electron chi connectivity index (χ3n) is 5.21. The van der Waals surface area contributed by atoms with Crippen LogP contribution in [-0.2, 0) is 31.3 Å². The lowest BCUT2D eigenvalue weighted by Gasteiger charge is -2.35. The van der Waals surface area contributed by atoms with Crippen LogP contribution in [0.15, 0.2) is 42.5 Å². The fourth-order valence-corrected chi connectivity index (χ4v) is 4.15. The van der Waals surface area contributed by atoms with Crippen molar-refractivity contribution in [3.63, 3.8) is 0 Å². The summed E-state index contributed by atoms with van der Waals surface area (Å²) in [4.78, 5) is 0. The van der Waals surface area contributed by atoms with E-state index in [4.69, 9.17) is 0 Å². The van der Waals surface area contributed by atoms with Gasteiger partial charge < -0.3 is 5.11 Å². The second-order valence-corrected chi connectivity index (χ2v) is 6.68. The Hall–Kier alpha value is -1.60. The van der Waals surface area contributed by atoms with Crippen LogP contribution in [0.5, 0.6) is 0 Å². The number of hydrogen-bond donors (Lipinski definition) is 1. The molecule has 2 aliphatic carbocycles. The Kier molecular flexibility index (Phi) is 3.11. The highest BCUT2D eigenvalue weighted by molar-refractivity contribution is 5.39. The van der Waals surface area contributed by atoms with E-state index in [1.807, 2.05) is 0 Å². The number of aliphatic hydroxyl groups is 1. The summed E-state index contributed by atoms with van der Waals surface area (Å²) in [5.41, 5.74) is 6.09.